The molecule has 1 heterocycles. The monoisotopic (exact) mass is 285 g/mol. The van der Waals surface area contributed by atoms with Crippen LogP contribution in [0.5, 0.6) is 0 Å². The Morgan fingerprint density at radius 2 is 1.76 bits per heavy atom. The van der Waals surface area contributed by atoms with Crippen molar-refractivity contribution in [2.45, 2.75) is 51.4 Å². The first-order valence-electron chi connectivity index (χ1n) is 8.35. The van der Waals surface area contributed by atoms with Gasteiger partial charge >= 0.3 is 0 Å². The van der Waals surface area contributed by atoms with E-state index in [1.165, 1.54) is 61.5 Å². The van der Waals surface area contributed by atoms with Crippen molar-refractivity contribution in [3.05, 3.63) is 30.0 Å². The normalized spacial score (nSPS) is 19.3. The zero-order chi connectivity index (χ0) is 14.7. The molecule has 1 aromatic heterocycles. The predicted molar refractivity (Wildman–Crippen MR) is 88.2 cm³/mol. The number of benzene rings is 1. The molecule has 3 nitrogen and oxygen atoms in total. The Morgan fingerprint density at radius 1 is 1.10 bits per heavy atom. The fourth-order valence-electron chi connectivity index (χ4n) is 3.88. The van der Waals surface area contributed by atoms with Crippen molar-refractivity contribution in [2.24, 2.45) is 18.2 Å². The van der Waals surface area contributed by atoms with Gasteiger partial charge in [0.15, 0.2) is 0 Å². The summed E-state index contributed by atoms with van der Waals surface area (Å²) < 4.78 is 2.01. The average molecular weight is 285 g/mol. The van der Waals surface area contributed by atoms with Crippen LogP contribution in [0.4, 0.5) is 0 Å². The van der Waals surface area contributed by atoms with E-state index in [2.05, 4.69) is 24.3 Å². The number of rotatable bonds is 3. The Hall–Kier alpha value is -1.35. The van der Waals surface area contributed by atoms with Crippen molar-refractivity contribution in [1.82, 2.24) is 9.78 Å². The lowest BCUT2D eigenvalue weighted by atomic mass is 9.73. The molecule has 0 spiro atoms. The van der Waals surface area contributed by atoms with Gasteiger partial charge in [0.25, 0.3) is 0 Å². The second-order valence-electron chi connectivity index (χ2n) is 6.74. The van der Waals surface area contributed by atoms with E-state index in [4.69, 9.17) is 10.8 Å². The van der Waals surface area contributed by atoms with Crippen molar-refractivity contribution in [3.63, 3.8) is 0 Å². The van der Waals surface area contributed by atoms with Crippen LogP contribution in [0.2, 0.25) is 0 Å². The largest absolute Gasteiger partial charge is 0.330 e. The lowest BCUT2D eigenvalue weighted by Gasteiger charge is -2.34. The molecule has 2 N–H and O–H groups in total. The summed E-state index contributed by atoms with van der Waals surface area (Å²) in [5, 5.41) is 6.09. The first-order chi connectivity index (χ1) is 10.2. The standard InChI is InChI=1S/C18H27N3/c1-21-17-10-6-5-9-15(17)16(20-21)13-18(14-19)11-7-3-2-4-8-12-18/h5-6,9-10H,2-4,7-8,11-14,19H2,1H3. The van der Waals surface area contributed by atoms with Crippen molar-refractivity contribution < 1.29 is 0 Å². The van der Waals surface area contributed by atoms with Gasteiger partial charge in [-0.3, -0.25) is 4.68 Å². The van der Waals surface area contributed by atoms with Gasteiger partial charge < -0.3 is 5.73 Å². The van der Waals surface area contributed by atoms with Crippen LogP contribution in [-0.2, 0) is 13.5 Å². The molecule has 0 bridgehead atoms. The van der Waals surface area contributed by atoms with E-state index in [9.17, 15) is 0 Å². The molecule has 0 aliphatic heterocycles. The van der Waals surface area contributed by atoms with Crippen molar-refractivity contribution in [3.8, 4) is 0 Å². The van der Waals surface area contributed by atoms with Gasteiger partial charge in [0, 0.05) is 12.4 Å². The smallest absolute Gasteiger partial charge is 0.0709 e. The first kappa shape index (κ1) is 14.6. The van der Waals surface area contributed by atoms with Gasteiger partial charge in [-0.05, 0) is 37.3 Å². The number of hydrogen-bond acceptors (Lipinski definition) is 2. The van der Waals surface area contributed by atoms with E-state index >= 15 is 0 Å². The first-order valence-corrected chi connectivity index (χ1v) is 8.35. The fourth-order valence-corrected chi connectivity index (χ4v) is 3.88. The van der Waals surface area contributed by atoms with Crippen molar-refractivity contribution in [2.75, 3.05) is 6.54 Å². The van der Waals surface area contributed by atoms with Gasteiger partial charge in [-0.2, -0.15) is 5.10 Å². The van der Waals surface area contributed by atoms with E-state index in [1.807, 2.05) is 11.7 Å². The number of para-hydroxylation sites is 1. The Kier molecular flexibility index (Phi) is 4.29. The molecule has 1 fully saturated rings. The SMILES string of the molecule is Cn1nc(CC2(CN)CCCCCCC2)c2ccccc21. The molecule has 0 amide bonds. The molecule has 0 atom stereocenters. The molecule has 114 valence electrons. The molecule has 1 aromatic carbocycles. The van der Waals surface area contributed by atoms with E-state index in [0.717, 1.165) is 13.0 Å². The molecule has 1 aliphatic rings. The van der Waals surface area contributed by atoms with E-state index in [1.54, 1.807) is 0 Å². The Bertz CT molecular complexity index is 592. The maximum absolute atomic E-state index is 6.22. The maximum Gasteiger partial charge on any atom is 0.0709 e. The second-order valence-corrected chi connectivity index (χ2v) is 6.74. The van der Waals surface area contributed by atoms with Crippen LogP contribution in [-0.4, -0.2) is 16.3 Å². The highest BCUT2D eigenvalue weighted by Crippen LogP contribution is 2.37. The molecule has 1 saturated carbocycles. The second kappa shape index (κ2) is 6.18. The topological polar surface area (TPSA) is 43.8 Å². The molecule has 0 saturated heterocycles. The Labute approximate surface area is 127 Å². The summed E-state index contributed by atoms with van der Waals surface area (Å²) >= 11 is 0. The van der Waals surface area contributed by atoms with E-state index in [-0.39, 0.29) is 5.41 Å². The molecule has 3 rings (SSSR count). The molecule has 0 unspecified atom stereocenters. The summed E-state index contributed by atoms with van der Waals surface area (Å²) in [7, 11) is 2.04. The maximum atomic E-state index is 6.22. The summed E-state index contributed by atoms with van der Waals surface area (Å²) in [6.07, 6.45) is 10.3. The van der Waals surface area contributed by atoms with E-state index < -0.39 is 0 Å². The van der Waals surface area contributed by atoms with Crippen LogP contribution in [0.1, 0.15) is 50.6 Å². The highest BCUT2D eigenvalue weighted by molar-refractivity contribution is 5.81. The predicted octanol–water partition coefficient (Wildman–Crippen LogP) is 3.81. The van der Waals surface area contributed by atoms with Gasteiger partial charge in [0.05, 0.1) is 11.2 Å². The Morgan fingerprint density at radius 3 is 2.48 bits per heavy atom. The quantitative estimate of drug-likeness (QED) is 0.932. The third-order valence-electron chi connectivity index (χ3n) is 5.22. The molecule has 1 aliphatic carbocycles. The van der Waals surface area contributed by atoms with Crippen molar-refractivity contribution >= 4 is 10.9 Å². The van der Waals surface area contributed by atoms with Gasteiger partial charge in [-0.15, -0.1) is 0 Å². The summed E-state index contributed by atoms with van der Waals surface area (Å²) in [5.41, 5.74) is 8.95. The number of aromatic nitrogens is 2. The van der Waals surface area contributed by atoms with Crippen LogP contribution < -0.4 is 5.73 Å². The Balaban J connectivity index is 1.91. The minimum Gasteiger partial charge on any atom is -0.330 e. The van der Waals surface area contributed by atoms with Crippen LogP contribution in [0, 0.1) is 5.41 Å². The van der Waals surface area contributed by atoms with Crippen LogP contribution in [0.25, 0.3) is 10.9 Å². The summed E-state index contributed by atoms with van der Waals surface area (Å²) in [4.78, 5) is 0. The molecular weight excluding hydrogens is 258 g/mol. The minimum atomic E-state index is 0.261. The zero-order valence-electron chi connectivity index (χ0n) is 13.1. The molecule has 3 heteroatoms. The van der Waals surface area contributed by atoms with Gasteiger partial charge in [-0.25, -0.2) is 0 Å². The summed E-state index contributed by atoms with van der Waals surface area (Å²) in [6.45, 7) is 0.790. The van der Waals surface area contributed by atoms with Crippen LogP contribution >= 0.6 is 0 Å². The molecular formula is C18H27N3. The summed E-state index contributed by atoms with van der Waals surface area (Å²) in [5.74, 6) is 0. The van der Waals surface area contributed by atoms with Gasteiger partial charge in [0.1, 0.15) is 0 Å². The number of fused-ring (bicyclic) bond motifs is 1. The zero-order valence-corrected chi connectivity index (χ0v) is 13.1. The van der Waals surface area contributed by atoms with Gasteiger partial charge in [-0.1, -0.05) is 50.3 Å². The highest BCUT2D eigenvalue weighted by Gasteiger charge is 2.30. The van der Waals surface area contributed by atoms with Crippen LogP contribution in [0.15, 0.2) is 24.3 Å². The number of nitrogens with zero attached hydrogens (tertiary/aromatic N) is 2. The molecule has 0 radical (unpaired) electrons. The fraction of sp³-hybridized carbons (Fsp3) is 0.611. The van der Waals surface area contributed by atoms with Crippen LogP contribution in [0.3, 0.4) is 0 Å². The minimum absolute atomic E-state index is 0.261. The molecule has 2 aromatic rings. The lowest BCUT2D eigenvalue weighted by Crippen LogP contribution is -2.34. The number of nitrogens with two attached hydrogens (primary N) is 1. The third-order valence-corrected chi connectivity index (χ3v) is 5.22. The molecule has 21 heavy (non-hydrogen) atoms. The van der Waals surface area contributed by atoms with E-state index in [0.29, 0.717) is 0 Å². The van der Waals surface area contributed by atoms with Crippen molar-refractivity contribution in [1.29, 1.82) is 0 Å². The number of aryl methyl sites for hydroxylation is 1. The number of hydrogen-bond donors (Lipinski definition) is 1. The third kappa shape index (κ3) is 2.98. The lowest BCUT2D eigenvalue weighted by molar-refractivity contribution is 0.215. The highest BCUT2D eigenvalue weighted by atomic mass is 15.3. The average Bonchev–Trinajstić information content (AvgIpc) is 2.79. The summed E-state index contributed by atoms with van der Waals surface area (Å²) in [6, 6.07) is 8.55. The van der Waals surface area contributed by atoms with Gasteiger partial charge in [0.2, 0.25) is 0 Å².